The second-order valence-electron chi connectivity index (χ2n) is 3.46. The second kappa shape index (κ2) is 4.58. The van der Waals surface area contributed by atoms with Gasteiger partial charge < -0.3 is 0 Å². The molecule has 0 atom stereocenters. The molecule has 1 aromatic carbocycles. The minimum Gasteiger partial charge on any atom is -0.289 e. The lowest BCUT2D eigenvalue weighted by Crippen LogP contribution is -2.04. The summed E-state index contributed by atoms with van der Waals surface area (Å²) in [5.74, 6) is 0.0121. The zero-order chi connectivity index (χ0) is 11.5. The minimum atomic E-state index is 0.0121. The van der Waals surface area contributed by atoms with Gasteiger partial charge in [-0.05, 0) is 35.0 Å². The Hall–Kier alpha value is -1.48. The molecule has 0 spiro atoms. The van der Waals surface area contributed by atoms with E-state index in [9.17, 15) is 4.79 Å². The summed E-state index contributed by atoms with van der Waals surface area (Å²) < 4.78 is 0.745. The van der Waals surface area contributed by atoms with E-state index in [1.807, 2.05) is 37.3 Å². The molecule has 0 saturated heterocycles. The van der Waals surface area contributed by atoms with Crippen LogP contribution in [0.3, 0.4) is 0 Å². The minimum absolute atomic E-state index is 0.0121. The van der Waals surface area contributed by atoms with Gasteiger partial charge in [-0.1, -0.05) is 30.3 Å². The molecule has 0 N–H and O–H groups in total. The van der Waals surface area contributed by atoms with Gasteiger partial charge in [-0.25, -0.2) is 4.98 Å². The van der Waals surface area contributed by atoms with E-state index in [4.69, 9.17) is 0 Å². The van der Waals surface area contributed by atoms with Crippen LogP contribution in [-0.4, -0.2) is 10.8 Å². The van der Waals surface area contributed by atoms with Crippen molar-refractivity contribution in [3.63, 3.8) is 0 Å². The number of carbonyl (C=O) groups is 1. The molecule has 2 aromatic rings. The highest BCUT2D eigenvalue weighted by Crippen LogP contribution is 2.15. The van der Waals surface area contributed by atoms with Crippen molar-refractivity contribution in [3.05, 3.63) is 63.9 Å². The number of nitrogens with zero attached hydrogens (tertiary/aromatic N) is 1. The molecule has 0 unspecified atom stereocenters. The van der Waals surface area contributed by atoms with E-state index in [1.165, 1.54) is 0 Å². The third-order valence-corrected chi connectivity index (χ3v) is 2.77. The number of hydrogen-bond donors (Lipinski definition) is 0. The molecule has 16 heavy (non-hydrogen) atoms. The summed E-state index contributed by atoms with van der Waals surface area (Å²) in [6.45, 7) is 1.83. The Morgan fingerprint density at radius 2 is 1.81 bits per heavy atom. The quantitative estimate of drug-likeness (QED) is 0.621. The lowest BCUT2D eigenvalue weighted by atomic mass is 10.0. The Morgan fingerprint density at radius 3 is 2.44 bits per heavy atom. The monoisotopic (exact) mass is 275 g/mol. The van der Waals surface area contributed by atoms with E-state index < -0.39 is 0 Å². The van der Waals surface area contributed by atoms with Crippen molar-refractivity contribution >= 4 is 21.7 Å². The van der Waals surface area contributed by atoms with Crippen molar-refractivity contribution in [1.29, 1.82) is 0 Å². The van der Waals surface area contributed by atoms with Crippen molar-refractivity contribution in [2.24, 2.45) is 0 Å². The molecule has 2 nitrogen and oxygen atoms in total. The van der Waals surface area contributed by atoms with E-state index >= 15 is 0 Å². The molecule has 3 heteroatoms. The van der Waals surface area contributed by atoms with Crippen LogP contribution in [0.2, 0.25) is 0 Å². The average molecular weight is 276 g/mol. The van der Waals surface area contributed by atoms with Crippen LogP contribution in [0, 0.1) is 6.92 Å². The third kappa shape index (κ3) is 2.19. The van der Waals surface area contributed by atoms with Gasteiger partial charge in [-0.15, -0.1) is 0 Å². The van der Waals surface area contributed by atoms with E-state index in [-0.39, 0.29) is 5.78 Å². The topological polar surface area (TPSA) is 30.0 Å². The first kappa shape index (κ1) is 11.0. The zero-order valence-corrected chi connectivity index (χ0v) is 10.4. The van der Waals surface area contributed by atoms with Crippen LogP contribution >= 0.6 is 15.9 Å². The Balaban J connectivity index is 2.42. The fourth-order valence-corrected chi connectivity index (χ4v) is 1.91. The molecule has 1 heterocycles. The van der Waals surface area contributed by atoms with Gasteiger partial charge in [0, 0.05) is 16.8 Å². The maximum Gasteiger partial charge on any atom is 0.194 e. The summed E-state index contributed by atoms with van der Waals surface area (Å²) in [5, 5.41) is 0. The van der Waals surface area contributed by atoms with Crippen LogP contribution in [0.4, 0.5) is 0 Å². The highest BCUT2D eigenvalue weighted by Gasteiger charge is 2.11. The van der Waals surface area contributed by atoms with Gasteiger partial charge in [0.15, 0.2) is 5.78 Å². The van der Waals surface area contributed by atoms with Gasteiger partial charge >= 0.3 is 0 Å². The lowest BCUT2D eigenvalue weighted by molar-refractivity contribution is 0.103. The SMILES string of the molecule is Cc1nc(Br)ccc1C(=O)c1ccccc1. The van der Waals surface area contributed by atoms with Gasteiger partial charge in [0.25, 0.3) is 0 Å². The van der Waals surface area contributed by atoms with E-state index in [2.05, 4.69) is 20.9 Å². The van der Waals surface area contributed by atoms with Crippen LogP contribution < -0.4 is 0 Å². The Kier molecular flexibility index (Phi) is 3.15. The first-order valence-corrected chi connectivity index (χ1v) is 5.70. The summed E-state index contributed by atoms with van der Waals surface area (Å²) in [6.07, 6.45) is 0. The van der Waals surface area contributed by atoms with Crippen LogP contribution in [0.25, 0.3) is 0 Å². The maximum atomic E-state index is 12.1. The molecule has 0 fully saturated rings. The smallest absolute Gasteiger partial charge is 0.194 e. The second-order valence-corrected chi connectivity index (χ2v) is 4.27. The molecular formula is C13H10BrNO. The number of rotatable bonds is 2. The number of halogens is 1. The number of aromatic nitrogens is 1. The molecule has 0 bridgehead atoms. The normalized spacial score (nSPS) is 10.1. The molecule has 0 aliphatic heterocycles. The molecule has 80 valence electrons. The molecule has 2 rings (SSSR count). The highest BCUT2D eigenvalue weighted by atomic mass is 79.9. The molecule has 0 saturated carbocycles. The van der Waals surface area contributed by atoms with Crippen molar-refractivity contribution in [1.82, 2.24) is 4.98 Å². The number of ketones is 1. The standard InChI is InChI=1S/C13H10BrNO/c1-9-11(7-8-12(14)15-9)13(16)10-5-3-2-4-6-10/h2-8H,1H3. The van der Waals surface area contributed by atoms with E-state index in [0.717, 1.165) is 10.3 Å². The zero-order valence-electron chi connectivity index (χ0n) is 8.77. The largest absolute Gasteiger partial charge is 0.289 e. The maximum absolute atomic E-state index is 12.1. The molecule has 0 radical (unpaired) electrons. The van der Waals surface area contributed by atoms with Crippen LogP contribution in [0.5, 0.6) is 0 Å². The molecule has 1 aromatic heterocycles. The fourth-order valence-electron chi connectivity index (χ4n) is 1.52. The van der Waals surface area contributed by atoms with E-state index in [1.54, 1.807) is 12.1 Å². The van der Waals surface area contributed by atoms with Crippen LogP contribution in [0.1, 0.15) is 21.6 Å². The van der Waals surface area contributed by atoms with Crippen molar-refractivity contribution in [3.8, 4) is 0 Å². The number of aryl methyl sites for hydroxylation is 1. The lowest BCUT2D eigenvalue weighted by Gasteiger charge is -2.04. The first-order valence-electron chi connectivity index (χ1n) is 4.91. The summed E-state index contributed by atoms with van der Waals surface area (Å²) in [4.78, 5) is 16.3. The average Bonchev–Trinajstić information content (AvgIpc) is 2.29. The molecular weight excluding hydrogens is 266 g/mol. The van der Waals surface area contributed by atoms with Gasteiger partial charge in [0.2, 0.25) is 0 Å². The van der Waals surface area contributed by atoms with Gasteiger partial charge in [0.1, 0.15) is 4.60 Å². The predicted octanol–water partition coefficient (Wildman–Crippen LogP) is 3.38. The summed E-state index contributed by atoms with van der Waals surface area (Å²) in [5.41, 5.74) is 2.08. The molecule has 0 aliphatic carbocycles. The predicted molar refractivity (Wildman–Crippen MR) is 66.5 cm³/mol. The summed E-state index contributed by atoms with van der Waals surface area (Å²) in [6, 6.07) is 12.8. The number of pyridine rings is 1. The highest BCUT2D eigenvalue weighted by molar-refractivity contribution is 9.10. The Bertz CT molecular complexity index is 523. The van der Waals surface area contributed by atoms with Gasteiger partial charge in [0.05, 0.1) is 0 Å². The number of benzene rings is 1. The first-order chi connectivity index (χ1) is 7.68. The van der Waals surface area contributed by atoms with Crippen LogP contribution in [0.15, 0.2) is 47.1 Å². The van der Waals surface area contributed by atoms with Crippen molar-refractivity contribution in [2.75, 3.05) is 0 Å². The summed E-state index contributed by atoms with van der Waals surface area (Å²) in [7, 11) is 0. The number of hydrogen-bond acceptors (Lipinski definition) is 2. The van der Waals surface area contributed by atoms with Crippen molar-refractivity contribution in [2.45, 2.75) is 6.92 Å². The Labute approximate surface area is 102 Å². The van der Waals surface area contributed by atoms with Gasteiger partial charge in [-0.3, -0.25) is 4.79 Å². The molecule has 0 amide bonds. The van der Waals surface area contributed by atoms with Crippen LogP contribution in [-0.2, 0) is 0 Å². The third-order valence-electron chi connectivity index (χ3n) is 2.33. The van der Waals surface area contributed by atoms with Crippen molar-refractivity contribution < 1.29 is 4.79 Å². The number of carbonyl (C=O) groups excluding carboxylic acids is 1. The van der Waals surface area contributed by atoms with E-state index in [0.29, 0.717) is 11.1 Å². The van der Waals surface area contributed by atoms with Gasteiger partial charge in [-0.2, -0.15) is 0 Å². The summed E-state index contributed by atoms with van der Waals surface area (Å²) >= 11 is 3.28. The molecule has 0 aliphatic rings. The fraction of sp³-hybridized carbons (Fsp3) is 0.0769. The Morgan fingerprint density at radius 1 is 1.12 bits per heavy atom.